The van der Waals surface area contributed by atoms with E-state index in [0.717, 1.165) is 17.9 Å². The van der Waals surface area contributed by atoms with Gasteiger partial charge < -0.3 is 0 Å². The van der Waals surface area contributed by atoms with E-state index in [2.05, 4.69) is 6.08 Å². The largest absolute Gasteiger partial charge is 0.118 e. The molecule has 1 atom stereocenters. The van der Waals surface area contributed by atoms with Crippen LogP contribution in [0.1, 0.15) is 18.4 Å². The van der Waals surface area contributed by atoms with E-state index in [-0.39, 0.29) is 5.38 Å². The Hall–Kier alpha value is -0.460. The maximum atomic E-state index is 5.99. The Balaban J connectivity index is 2.26. The van der Waals surface area contributed by atoms with Gasteiger partial charge in [0, 0.05) is 5.02 Å². The molecule has 0 bridgehead atoms. The van der Waals surface area contributed by atoms with E-state index in [1.165, 1.54) is 11.1 Å². The lowest BCUT2D eigenvalue weighted by atomic mass is 10.1. The Kier molecular flexibility index (Phi) is 2.61. The fourth-order valence-electron chi connectivity index (χ4n) is 1.58. The van der Waals surface area contributed by atoms with E-state index in [1.807, 2.05) is 24.3 Å². The Morgan fingerprint density at radius 3 is 2.38 bits per heavy atom. The molecule has 68 valence electrons. The first-order valence-corrected chi connectivity index (χ1v) is 5.18. The van der Waals surface area contributed by atoms with Crippen molar-refractivity contribution in [2.75, 3.05) is 0 Å². The molecule has 0 heterocycles. The van der Waals surface area contributed by atoms with Crippen molar-refractivity contribution in [3.05, 3.63) is 40.9 Å². The molecule has 0 spiro atoms. The maximum absolute atomic E-state index is 5.99. The highest BCUT2D eigenvalue weighted by Gasteiger charge is 2.13. The van der Waals surface area contributed by atoms with Gasteiger partial charge in [-0.1, -0.05) is 29.8 Å². The molecule has 13 heavy (non-hydrogen) atoms. The molecule has 0 nitrogen and oxygen atoms in total. The Bertz CT molecular complexity index is 324. The van der Waals surface area contributed by atoms with Gasteiger partial charge in [-0.25, -0.2) is 0 Å². The summed E-state index contributed by atoms with van der Waals surface area (Å²) in [6, 6.07) is 7.92. The van der Waals surface area contributed by atoms with E-state index >= 15 is 0 Å². The molecule has 0 N–H and O–H groups in total. The van der Waals surface area contributed by atoms with Crippen LogP contribution in [0.3, 0.4) is 0 Å². The third-order valence-corrected chi connectivity index (χ3v) is 2.88. The number of hydrogen-bond donors (Lipinski definition) is 0. The van der Waals surface area contributed by atoms with Crippen LogP contribution in [0.2, 0.25) is 5.02 Å². The van der Waals surface area contributed by atoms with Crippen molar-refractivity contribution in [3.8, 4) is 0 Å². The van der Waals surface area contributed by atoms with Gasteiger partial charge in [-0.3, -0.25) is 0 Å². The molecule has 1 aromatic rings. The van der Waals surface area contributed by atoms with Crippen LogP contribution in [0, 0.1) is 0 Å². The molecule has 0 aromatic heterocycles. The standard InChI is InChI=1S/C11H10Cl2/c12-10-4-1-8(2-5-10)9-3-6-11(13)7-9/h1-2,4-5,7,11H,3,6H2. The zero-order chi connectivity index (χ0) is 9.26. The fraction of sp³-hybridized carbons (Fsp3) is 0.273. The first-order valence-electron chi connectivity index (χ1n) is 4.36. The SMILES string of the molecule is Clc1ccc(C2=CC(Cl)CC2)cc1. The maximum Gasteiger partial charge on any atom is 0.0525 e. The van der Waals surface area contributed by atoms with E-state index in [0.29, 0.717) is 0 Å². The van der Waals surface area contributed by atoms with Crippen LogP contribution in [0.15, 0.2) is 30.3 Å². The topological polar surface area (TPSA) is 0 Å². The van der Waals surface area contributed by atoms with Crippen LogP contribution in [-0.4, -0.2) is 5.38 Å². The minimum Gasteiger partial charge on any atom is -0.118 e. The Labute approximate surface area is 88.2 Å². The third kappa shape index (κ3) is 2.07. The van der Waals surface area contributed by atoms with Crippen LogP contribution in [0.5, 0.6) is 0 Å². The highest BCUT2D eigenvalue weighted by atomic mass is 35.5. The summed E-state index contributed by atoms with van der Waals surface area (Å²) in [5, 5.41) is 0.996. The molecule has 0 amide bonds. The second-order valence-corrected chi connectivity index (χ2v) is 4.25. The summed E-state index contributed by atoms with van der Waals surface area (Å²) in [4.78, 5) is 0. The molecule has 0 aliphatic heterocycles. The average molecular weight is 213 g/mol. The molecule has 1 aliphatic rings. The summed E-state index contributed by atoms with van der Waals surface area (Å²) < 4.78 is 0. The van der Waals surface area contributed by atoms with Crippen molar-refractivity contribution in [2.24, 2.45) is 0 Å². The number of hydrogen-bond acceptors (Lipinski definition) is 0. The summed E-state index contributed by atoms with van der Waals surface area (Å²) in [5.41, 5.74) is 2.59. The minimum absolute atomic E-state index is 0.214. The molecule has 1 unspecified atom stereocenters. The van der Waals surface area contributed by atoms with Gasteiger partial charge in [-0.05, 0) is 36.1 Å². The summed E-state index contributed by atoms with van der Waals surface area (Å²) in [6.45, 7) is 0. The second kappa shape index (κ2) is 3.73. The van der Waals surface area contributed by atoms with Gasteiger partial charge in [0.15, 0.2) is 0 Å². The molecule has 0 radical (unpaired) electrons. The van der Waals surface area contributed by atoms with Crippen molar-refractivity contribution < 1.29 is 0 Å². The van der Waals surface area contributed by atoms with Gasteiger partial charge in [0.1, 0.15) is 0 Å². The zero-order valence-corrected chi connectivity index (χ0v) is 8.65. The van der Waals surface area contributed by atoms with E-state index < -0.39 is 0 Å². The first kappa shape index (κ1) is 9.11. The van der Waals surface area contributed by atoms with Crippen molar-refractivity contribution in [1.29, 1.82) is 0 Å². The number of halogens is 2. The Morgan fingerprint density at radius 2 is 1.85 bits per heavy atom. The summed E-state index contributed by atoms with van der Waals surface area (Å²) in [6.07, 6.45) is 4.26. The quantitative estimate of drug-likeness (QED) is 0.615. The van der Waals surface area contributed by atoms with Crippen LogP contribution < -0.4 is 0 Å². The molecular formula is C11H10Cl2. The monoisotopic (exact) mass is 212 g/mol. The summed E-state index contributed by atoms with van der Waals surface area (Å²) in [5.74, 6) is 0. The van der Waals surface area contributed by atoms with Crippen molar-refractivity contribution >= 4 is 28.8 Å². The second-order valence-electron chi connectivity index (χ2n) is 3.25. The Morgan fingerprint density at radius 1 is 1.15 bits per heavy atom. The smallest absolute Gasteiger partial charge is 0.0525 e. The number of benzene rings is 1. The highest BCUT2D eigenvalue weighted by Crippen LogP contribution is 2.30. The zero-order valence-electron chi connectivity index (χ0n) is 7.13. The fourth-order valence-corrected chi connectivity index (χ4v) is 1.97. The van der Waals surface area contributed by atoms with Crippen molar-refractivity contribution in [3.63, 3.8) is 0 Å². The van der Waals surface area contributed by atoms with Crippen LogP contribution in [0.25, 0.3) is 5.57 Å². The van der Waals surface area contributed by atoms with Gasteiger partial charge in [0.25, 0.3) is 0 Å². The predicted octanol–water partition coefficient (Wildman–Crippen LogP) is 4.12. The summed E-state index contributed by atoms with van der Waals surface area (Å²) in [7, 11) is 0. The lowest BCUT2D eigenvalue weighted by molar-refractivity contribution is 0.942. The van der Waals surface area contributed by atoms with Gasteiger partial charge in [0.2, 0.25) is 0 Å². The number of allylic oxidation sites excluding steroid dienone is 2. The van der Waals surface area contributed by atoms with Crippen LogP contribution in [0.4, 0.5) is 0 Å². The predicted molar refractivity (Wildman–Crippen MR) is 58.3 cm³/mol. The van der Waals surface area contributed by atoms with E-state index in [4.69, 9.17) is 23.2 Å². The molecule has 1 aromatic carbocycles. The lowest BCUT2D eigenvalue weighted by Gasteiger charge is -2.00. The molecule has 2 rings (SSSR count). The van der Waals surface area contributed by atoms with Crippen LogP contribution >= 0.6 is 23.2 Å². The van der Waals surface area contributed by atoms with E-state index in [1.54, 1.807) is 0 Å². The minimum atomic E-state index is 0.214. The van der Waals surface area contributed by atoms with Gasteiger partial charge >= 0.3 is 0 Å². The van der Waals surface area contributed by atoms with Gasteiger partial charge in [-0.2, -0.15) is 0 Å². The van der Waals surface area contributed by atoms with Gasteiger partial charge in [0.05, 0.1) is 5.38 Å². The first-order chi connectivity index (χ1) is 6.25. The molecule has 1 aliphatic carbocycles. The van der Waals surface area contributed by atoms with Crippen LogP contribution in [-0.2, 0) is 0 Å². The molecule has 0 saturated heterocycles. The van der Waals surface area contributed by atoms with Gasteiger partial charge in [-0.15, -0.1) is 11.6 Å². The lowest BCUT2D eigenvalue weighted by Crippen LogP contribution is -1.81. The molecular weight excluding hydrogens is 203 g/mol. The van der Waals surface area contributed by atoms with Crippen molar-refractivity contribution in [2.45, 2.75) is 18.2 Å². The molecule has 2 heteroatoms. The third-order valence-electron chi connectivity index (χ3n) is 2.29. The highest BCUT2D eigenvalue weighted by molar-refractivity contribution is 6.30. The number of rotatable bonds is 1. The van der Waals surface area contributed by atoms with Crippen molar-refractivity contribution in [1.82, 2.24) is 0 Å². The average Bonchev–Trinajstić information content (AvgIpc) is 2.53. The molecule has 0 saturated carbocycles. The van der Waals surface area contributed by atoms with E-state index in [9.17, 15) is 0 Å². The summed E-state index contributed by atoms with van der Waals surface area (Å²) >= 11 is 11.8. The number of alkyl halides is 1. The molecule has 0 fully saturated rings. The normalized spacial score (nSPS) is 21.7.